The third-order valence-corrected chi connectivity index (χ3v) is 6.65. The SMILES string of the molecule is OCCCCCCCCCCCCCCCCNC(=S)N1C2COC1CC(O)C2. The zero-order valence-corrected chi connectivity index (χ0v) is 19.1. The van der Waals surface area contributed by atoms with Crippen LogP contribution in [0, 0.1) is 0 Å². The number of rotatable bonds is 16. The number of aliphatic hydroxyl groups excluding tert-OH is 2. The highest BCUT2D eigenvalue weighted by Gasteiger charge is 2.42. The molecule has 3 unspecified atom stereocenters. The molecule has 2 aliphatic rings. The summed E-state index contributed by atoms with van der Waals surface area (Å²) in [5, 5.41) is 22.8. The van der Waals surface area contributed by atoms with Crippen molar-refractivity contribution in [2.75, 3.05) is 19.8 Å². The van der Waals surface area contributed by atoms with Gasteiger partial charge in [-0.2, -0.15) is 0 Å². The fraction of sp³-hybridized carbons (Fsp3) is 0.957. The number of ether oxygens (including phenoxy) is 1. The summed E-state index contributed by atoms with van der Waals surface area (Å²) in [5.74, 6) is 0. The Balaban J connectivity index is 1.32. The van der Waals surface area contributed by atoms with Gasteiger partial charge in [-0.05, 0) is 31.5 Å². The molecule has 2 rings (SSSR count). The number of fused-ring (bicyclic) bond motifs is 2. The van der Waals surface area contributed by atoms with Gasteiger partial charge in [0, 0.05) is 19.6 Å². The molecule has 2 heterocycles. The number of hydrogen-bond acceptors (Lipinski definition) is 4. The van der Waals surface area contributed by atoms with Crippen LogP contribution in [0.25, 0.3) is 0 Å². The number of thiocarbonyl (C=S) groups is 1. The normalized spacial score (nSPS) is 23.5. The number of hydrogen-bond donors (Lipinski definition) is 3. The van der Waals surface area contributed by atoms with Gasteiger partial charge in [-0.1, -0.05) is 77.0 Å². The lowest BCUT2D eigenvalue weighted by Crippen LogP contribution is -2.52. The number of piperidine rings is 1. The average Bonchev–Trinajstić information content (AvgIpc) is 2.99. The molecule has 0 radical (unpaired) electrons. The van der Waals surface area contributed by atoms with Crippen LogP contribution in [0.1, 0.15) is 103 Å². The molecule has 0 saturated carbocycles. The van der Waals surface area contributed by atoms with Gasteiger partial charge in [0.15, 0.2) is 5.11 Å². The summed E-state index contributed by atoms with van der Waals surface area (Å²) in [5.41, 5.74) is 0. The molecular weight excluding hydrogens is 384 g/mol. The van der Waals surface area contributed by atoms with E-state index in [1.54, 1.807) is 0 Å². The lowest BCUT2D eigenvalue weighted by atomic mass is 10.0. The Morgan fingerprint density at radius 2 is 1.34 bits per heavy atom. The Kier molecular flexibility index (Phi) is 13.2. The molecule has 2 fully saturated rings. The molecule has 0 aliphatic carbocycles. The van der Waals surface area contributed by atoms with Crippen LogP contribution in [0.5, 0.6) is 0 Å². The highest BCUT2D eigenvalue weighted by atomic mass is 32.1. The van der Waals surface area contributed by atoms with E-state index in [2.05, 4.69) is 10.2 Å². The lowest BCUT2D eigenvalue weighted by Gasteiger charge is -2.36. The summed E-state index contributed by atoms with van der Waals surface area (Å²) < 4.78 is 5.74. The summed E-state index contributed by atoms with van der Waals surface area (Å²) in [4.78, 5) is 2.16. The van der Waals surface area contributed by atoms with E-state index in [-0.39, 0.29) is 18.4 Å². The molecule has 2 bridgehead atoms. The number of unbranched alkanes of at least 4 members (excludes halogenated alkanes) is 13. The van der Waals surface area contributed by atoms with Gasteiger partial charge in [-0.15, -0.1) is 0 Å². The highest BCUT2D eigenvalue weighted by molar-refractivity contribution is 7.80. The maximum absolute atomic E-state index is 9.84. The van der Waals surface area contributed by atoms with Crippen molar-refractivity contribution in [1.82, 2.24) is 10.2 Å². The van der Waals surface area contributed by atoms with E-state index in [4.69, 9.17) is 22.1 Å². The molecule has 170 valence electrons. The molecule has 0 spiro atoms. The fourth-order valence-electron chi connectivity index (χ4n) is 4.57. The zero-order chi connectivity index (χ0) is 20.7. The first-order valence-electron chi connectivity index (χ1n) is 12.2. The standard InChI is InChI=1S/C23H44N2O3S/c26-16-14-12-10-8-6-4-2-1-3-5-7-9-11-13-15-24-23(29)25-20-17-21(27)18-22(25)28-19-20/h20-22,26-27H,1-19H2,(H,24,29). The second kappa shape index (κ2) is 15.4. The third-order valence-electron chi connectivity index (χ3n) is 6.30. The largest absolute Gasteiger partial charge is 0.396 e. The second-order valence-electron chi connectivity index (χ2n) is 8.88. The van der Waals surface area contributed by atoms with Gasteiger partial charge < -0.3 is 25.2 Å². The minimum absolute atomic E-state index is 0.0324. The summed E-state index contributed by atoms with van der Waals surface area (Å²) in [6.07, 6.45) is 19.4. The Morgan fingerprint density at radius 3 is 1.86 bits per heavy atom. The Hall–Kier alpha value is -0.430. The molecule has 6 heteroatoms. The molecule has 0 amide bonds. The molecule has 0 aromatic rings. The second-order valence-corrected chi connectivity index (χ2v) is 9.27. The Morgan fingerprint density at radius 1 is 0.828 bits per heavy atom. The molecule has 2 saturated heterocycles. The van der Waals surface area contributed by atoms with E-state index >= 15 is 0 Å². The van der Waals surface area contributed by atoms with Crippen molar-refractivity contribution < 1.29 is 14.9 Å². The van der Waals surface area contributed by atoms with Crippen LogP contribution >= 0.6 is 12.2 Å². The molecule has 5 nitrogen and oxygen atoms in total. The van der Waals surface area contributed by atoms with Crippen LogP contribution < -0.4 is 5.32 Å². The van der Waals surface area contributed by atoms with Gasteiger partial charge >= 0.3 is 0 Å². The quantitative estimate of drug-likeness (QED) is 0.249. The van der Waals surface area contributed by atoms with Crippen LogP contribution in [0.2, 0.25) is 0 Å². The number of nitrogens with zero attached hydrogens (tertiary/aromatic N) is 1. The van der Waals surface area contributed by atoms with Crippen molar-refractivity contribution in [2.45, 2.75) is 121 Å². The summed E-state index contributed by atoms with van der Waals surface area (Å²) in [7, 11) is 0. The van der Waals surface area contributed by atoms with Crippen LogP contribution in [-0.4, -0.2) is 58.4 Å². The summed E-state index contributed by atoms with van der Waals surface area (Å²) >= 11 is 5.56. The fourth-order valence-corrected chi connectivity index (χ4v) is 4.93. The summed E-state index contributed by atoms with van der Waals surface area (Å²) in [6, 6.07) is 0.245. The van der Waals surface area contributed by atoms with E-state index in [1.165, 1.54) is 83.5 Å². The van der Waals surface area contributed by atoms with Gasteiger partial charge in [0.25, 0.3) is 0 Å². The van der Waals surface area contributed by atoms with Gasteiger partial charge in [0.1, 0.15) is 6.23 Å². The Labute approximate surface area is 183 Å². The lowest BCUT2D eigenvalue weighted by molar-refractivity contribution is -0.00237. The molecule has 0 aromatic heterocycles. The van der Waals surface area contributed by atoms with Gasteiger partial charge in [-0.3, -0.25) is 0 Å². The Bertz CT molecular complexity index is 424. The first-order chi connectivity index (χ1) is 14.2. The predicted octanol–water partition coefficient (Wildman–Crippen LogP) is 4.50. The van der Waals surface area contributed by atoms with Gasteiger partial charge in [0.2, 0.25) is 0 Å². The zero-order valence-electron chi connectivity index (χ0n) is 18.3. The van der Waals surface area contributed by atoms with E-state index in [0.29, 0.717) is 19.6 Å². The molecule has 3 atom stereocenters. The predicted molar refractivity (Wildman–Crippen MR) is 123 cm³/mol. The summed E-state index contributed by atoms with van der Waals surface area (Å²) in [6.45, 7) is 1.98. The van der Waals surface area contributed by atoms with Gasteiger partial charge in [0.05, 0.1) is 18.8 Å². The van der Waals surface area contributed by atoms with Crippen molar-refractivity contribution >= 4 is 17.3 Å². The minimum atomic E-state index is -0.242. The molecular formula is C23H44N2O3S. The molecule has 3 N–H and O–H groups in total. The van der Waals surface area contributed by atoms with E-state index in [0.717, 1.165) is 24.5 Å². The first-order valence-corrected chi connectivity index (χ1v) is 12.6. The first kappa shape index (κ1) is 24.8. The highest BCUT2D eigenvalue weighted by Crippen LogP contribution is 2.30. The van der Waals surface area contributed by atoms with Crippen molar-refractivity contribution in [3.05, 3.63) is 0 Å². The topological polar surface area (TPSA) is 65.0 Å². The van der Waals surface area contributed by atoms with Crippen molar-refractivity contribution in [2.24, 2.45) is 0 Å². The van der Waals surface area contributed by atoms with E-state index in [9.17, 15) is 5.11 Å². The monoisotopic (exact) mass is 428 g/mol. The maximum Gasteiger partial charge on any atom is 0.171 e. The van der Waals surface area contributed by atoms with Gasteiger partial charge in [-0.25, -0.2) is 0 Å². The molecule has 0 aromatic carbocycles. The third kappa shape index (κ3) is 9.95. The molecule has 29 heavy (non-hydrogen) atoms. The van der Waals surface area contributed by atoms with Crippen molar-refractivity contribution in [1.29, 1.82) is 0 Å². The number of aliphatic hydroxyl groups is 2. The van der Waals surface area contributed by atoms with Crippen LogP contribution in [0.4, 0.5) is 0 Å². The van der Waals surface area contributed by atoms with Crippen molar-refractivity contribution in [3.8, 4) is 0 Å². The van der Waals surface area contributed by atoms with Crippen LogP contribution in [-0.2, 0) is 4.74 Å². The van der Waals surface area contributed by atoms with E-state index in [1.807, 2.05) is 0 Å². The smallest absolute Gasteiger partial charge is 0.171 e. The maximum atomic E-state index is 9.84. The van der Waals surface area contributed by atoms with E-state index < -0.39 is 0 Å². The minimum Gasteiger partial charge on any atom is -0.396 e. The van der Waals surface area contributed by atoms with Crippen LogP contribution in [0.15, 0.2) is 0 Å². The van der Waals surface area contributed by atoms with Crippen molar-refractivity contribution in [3.63, 3.8) is 0 Å². The number of nitrogens with one attached hydrogen (secondary N) is 1. The molecule has 2 aliphatic heterocycles. The average molecular weight is 429 g/mol. The van der Waals surface area contributed by atoms with Crippen LogP contribution in [0.3, 0.4) is 0 Å².